The van der Waals surface area contributed by atoms with Gasteiger partial charge >= 0.3 is 11.9 Å². The van der Waals surface area contributed by atoms with Crippen LogP contribution in [0.3, 0.4) is 0 Å². The summed E-state index contributed by atoms with van der Waals surface area (Å²) in [5, 5.41) is 3.71. The molecule has 0 aliphatic heterocycles. The second kappa shape index (κ2) is 6.52. The highest BCUT2D eigenvalue weighted by Gasteiger charge is 2.15. The normalized spacial score (nSPS) is 10.8. The van der Waals surface area contributed by atoms with Crippen molar-refractivity contribution in [3.8, 4) is 0 Å². The number of ether oxygens (including phenoxy) is 1. The Morgan fingerprint density at radius 1 is 1.56 bits per heavy atom. The fourth-order valence-electron chi connectivity index (χ4n) is 0.974. The van der Waals surface area contributed by atoms with Gasteiger partial charge in [0.1, 0.15) is 0 Å². The van der Waals surface area contributed by atoms with Gasteiger partial charge in [-0.15, -0.1) is 0 Å². The summed E-state index contributed by atoms with van der Waals surface area (Å²) in [5.74, 6) is 2.22. The molecule has 1 aromatic heterocycles. The van der Waals surface area contributed by atoms with Gasteiger partial charge in [-0.05, 0) is 18.6 Å². The van der Waals surface area contributed by atoms with Crippen LogP contribution in [0.15, 0.2) is 4.52 Å². The molecule has 16 heavy (non-hydrogen) atoms. The molecule has 90 valence electrons. The minimum Gasteiger partial charge on any atom is -0.459 e. The van der Waals surface area contributed by atoms with E-state index < -0.39 is 5.97 Å². The zero-order valence-corrected chi connectivity index (χ0v) is 10.5. The number of hydrogen-bond acceptors (Lipinski definition) is 6. The molecular weight excluding hydrogens is 228 g/mol. The number of aromatic nitrogens is 2. The predicted octanol–water partition coefficient (Wildman–Crippen LogP) is 2.14. The average Bonchev–Trinajstić information content (AvgIpc) is 2.66. The summed E-state index contributed by atoms with van der Waals surface area (Å²) in [6.45, 7) is 6.33. The zero-order valence-electron chi connectivity index (χ0n) is 9.73. The van der Waals surface area contributed by atoms with Crippen molar-refractivity contribution in [3.05, 3.63) is 11.7 Å². The highest BCUT2D eigenvalue weighted by atomic mass is 32.2. The van der Waals surface area contributed by atoms with E-state index in [0.29, 0.717) is 24.1 Å². The van der Waals surface area contributed by atoms with Crippen LogP contribution in [0.2, 0.25) is 0 Å². The molecule has 6 heteroatoms. The molecular formula is C10H16N2O3S. The highest BCUT2D eigenvalue weighted by Crippen LogP contribution is 2.13. The van der Waals surface area contributed by atoms with Crippen LogP contribution < -0.4 is 0 Å². The van der Waals surface area contributed by atoms with E-state index in [1.807, 2.05) is 0 Å². The minimum atomic E-state index is -0.560. The van der Waals surface area contributed by atoms with E-state index in [1.165, 1.54) is 0 Å². The lowest BCUT2D eigenvalue weighted by Gasteiger charge is -2.00. The third kappa shape index (κ3) is 4.22. The van der Waals surface area contributed by atoms with Gasteiger partial charge in [-0.25, -0.2) is 4.79 Å². The van der Waals surface area contributed by atoms with Crippen LogP contribution in [0.1, 0.15) is 37.3 Å². The van der Waals surface area contributed by atoms with Gasteiger partial charge in [0.25, 0.3) is 0 Å². The first-order chi connectivity index (χ1) is 7.63. The van der Waals surface area contributed by atoms with Crippen molar-refractivity contribution in [2.24, 2.45) is 5.92 Å². The summed E-state index contributed by atoms with van der Waals surface area (Å²) in [5.41, 5.74) is 0. The van der Waals surface area contributed by atoms with Crippen molar-refractivity contribution < 1.29 is 14.1 Å². The van der Waals surface area contributed by atoms with Crippen LogP contribution in [0.25, 0.3) is 0 Å². The molecule has 0 unspecified atom stereocenters. The molecule has 0 N–H and O–H groups in total. The lowest BCUT2D eigenvalue weighted by molar-refractivity contribution is 0.0470. The van der Waals surface area contributed by atoms with Gasteiger partial charge in [0.15, 0.2) is 5.82 Å². The van der Waals surface area contributed by atoms with Gasteiger partial charge < -0.3 is 9.26 Å². The first-order valence-corrected chi connectivity index (χ1v) is 6.36. The molecule has 0 aliphatic rings. The smallest absolute Gasteiger partial charge is 0.397 e. The Kier molecular flexibility index (Phi) is 5.31. The first-order valence-electron chi connectivity index (χ1n) is 5.21. The van der Waals surface area contributed by atoms with Crippen molar-refractivity contribution in [2.45, 2.75) is 26.5 Å². The average molecular weight is 244 g/mol. The number of hydrogen-bond donors (Lipinski definition) is 0. The second-order valence-corrected chi connectivity index (χ2v) is 4.68. The molecule has 0 aliphatic carbocycles. The number of carbonyl (C=O) groups is 1. The van der Waals surface area contributed by atoms with Crippen LogP contribution in [-0.4, -0.2) is 28.5 Å². The number of nitrogens with zero attached hydrogens (tertiary/aromatic N) is 2. The molecule has 0 amide bonds. The number of esters is 1. The fourth-order valence-corrected chi connectivity index (χ4v) is 1.86. The molecule has 0 aromatic carbocycles. The Morgan fingerprint density at radius 2 is 2.31 bits per heavy atom. The van der Waals surface area contributed by atoms with Crippen LogP contribution in [0.4, 0.5) is 0 Å². The summed E-state index contributed by atoms with van der Waals surface area (Å²) in [4.78, 5) is 15.2. The second-order valence-electron chi connectivity index (χ2n) is 3.65. The summed E-state index contributed by atoms with van der Waals surface area (Å²) < 4.78 is 9.53. The van der Waals surface area contributed by atoms with E-state index in [9.17, 15) is 4.79 Å². The van der Waals surface area contributed by atoms with Crippen molar-refractivity contribution in [3.63, 3.8) is 0 Å². The lowest BCUT2D eigenvalue weighted by Crippen LogP contribution is -2.04. The third-order valence-corrected chi connectivity index (χ3v) is 2.97. The van der Waals surface area contributed by atoms with Crippen molar-refractivity contribution >= 4 is 17.7 Å². The van der Waals surface area contributed by atoms with Crippen LogP contribution in [-0.2, 0) is 10.5 Å². The summed E-state index contributed by atoms with van der Waals surface area (Å²) in [6.07, 6.45) is 0. The summed E-state index contributed by atoms with van der Waals surface area (Å²) in [7, 11) is 0. The highest BCUT2D eigenvalue weighted by molar-refractivity contribution is 7.98. The van der Waals surface area contributed by atoms with E-state index in [1.54, 1.807) is 18.7 Å². The number of thioether (sulfide) groups is 1. The molecule has 5 nitrogen and oxygen atoms in total. The topological polar surface area (TPSA) is 65.2 Å². The maximum absolute atomic E-state index is 11.2. The Hall–Kier alpha value is -1.04. The molecule has 0 spiro atoms. The summed E-state index contributed by atoms with van der Waals surface area (Å²) >= 11 is 1.72. The zero-order chi connectivity index (χ0) is 12.0. The van der Waals surface area contributed by atoms with Crippen LogP contribution in [0, 0.1) is 5.92 Å². The van der Waals surface area contributed by atoms with E-state index in [0.717, 1.165) is 5.75 Å². The Balaban J connectivity index is 2.42. The first kappa shape index (κ1) is 13.0. The molecule has 0 saturated carbocycles. The van der Waals surface area contributed by atoms with Gasteiger partial charge in [0.05, 0.1) is 12.4 Å². The fraction of sp³-hybridized carbons (Fsp3) is 0.700. The SMILES string of the molecule is CCOC(=O)c1nc(CSCC(C)C)no1. The third-order valence-electron chi connectivity index (χ3n) is 1.60. The molecule has 0 fully saturated rings. The molecule has 0 atom stereocenters. The van der Waals surface area contributed by atoms with E-state index in [4.69, 9.17) is 9.26 Å². The Morgan fingerprint density at radius 3 is 2.94 bits per heavy atom. The monoisotopic (exact) mass is 244 g/mol. The maximum atomic E-state index is 11.2. The largest absolute Gasteiger partial charge is 0.459 e. The Labute approximate surface area is 98.9 Å². The van der Waals surface area contributed by atoms with Gasteiger partial charge in [0, 0.05) is 0 Å². The summed E-state index contributed by atoms with van der Waals surface area (Å²) in [6, 6.07) is 0. The van der Waals surface area contributed by atoms with E-state index in [2.05, 4.69) is 24.0 Å². The Bertz CT molecular complexity index is 339. The predicted molar refractivity (Wildman–Crippen MR) is 61.3 cm³/mol. The molecule has 1 heterocycles. The van der Waals surface area contributed by atoms with Crippen LogP contribution in [0.5, 0.6) is 0 Å². The van der Waals surface area contributed by atoms with Crippen molar-refractivity contribution in [2.75, 3.05) is 12.4 Å². The molecule has 0 radical (unpaired) electrons. The standard InChI is InChI=1S/C10H16N2O3S/c1-4-14-10(13)9-11-8(12-15-9)6-16-5-7(2)3/h7H,4-6H2,1-3H3. The van der Waals surface area contributed by atoms with Crippen LogP contribution >= 0.6 is 11.8 Å². The molecule has 0 bridgehead atoms. The molecule has 1 aromatic rings. The quantitative estimate of drug-likeness (QED) is 0.714. The van der Waals surface area contributed by atoms with Crippen molar-refractivity contribution in [1.29, 1.82) is 0 Å². The lowest BCUT2D eigenvalue weighted by atomic mass is 10.3. The maximum Gasteiger partial charge on any atom is 0.397 e. The van der Waals surface area contributed by atoms with Crippen molar-refractivity contribution in [1.82, 2.24) is 10.1 Å². The number of rotatable bonds is 6. The van der Waals surface area contributed by atoms with Gasteiger partial charge in [-0.1, -0.05) is 19.0 Å². The molecule has 0 saturated heterocycles. The van der Waals surface area contributed by atoms with Gasteiger partial charge in [0.2, 0.25) is 0 Å². The van der Waals surface area contributed by atoms with Gasteiger partial charge in [-0.3, -0.25) is 0 Å². The van der Waals surface area contributed by atoms with E-state index >= 15 is 0 Å². The molecule has 1 rings (SSSR count). The number of carbonyl (C=O) groups excluding carboxylic acids is 1. The minimum absolute atomic E-state index is 0.0676. The van der Waals surface area contributed by atoms with Gasteiger partial charge in [-0.2, -0.15) is 16.7 Å². The van der Waals surface area contributed by atoms with E-state index in [-0.39, 0.29) is 5.89 Å².